The van der Waals surface area contributed by atoms with Crippen LogP contribution in [0.15, 0.2) is 12.3 Å². The molecule has 0 amide bonds. The molecular weight excluding hydrogens is 164 g/mol. The van der Waals surface area contributed by atoms with Gasteiger partial charge in [0, 0.05) is 17.1 Å². The van der Waals surface area contributed by atoms with Crippen molar-refractivity contribution in [2.24, 2.45) is 0 Å². The number of H-pyrrole nitrogens is 1. The number of nitrogens with one attached hydrogen (secondary N) is 1. The second-order valence-electron chi connectivity index (χ2n) is 3.10. The molecule has 0 spiro atoms. The third kappa shape index (κ3) is 1.08. The Hall–Kier alpha value is -1.51. The molecule has 0 aromatic carbocycles. The zero-order chi connectivity index (χ0) is 9.42. The van der Waals surface area contributed by atoms with Crippen LogP contribution in [0.25, 0.3) is 10.9 Å². The second-order valence-corrected chi connectivity index (χ2v) is 3.10. The molecule has 0 unspecified atom stereocenters. The van der Waals surface area contributed by atoms with E-state index in [2.05, 4.69) is 9.97 Å². The first-order valence-electron chi connectivity index (χ1n) is 4.22. The van der Waals surface area contributed by atoms with E-state index in [4.69, 9.17) is 4.74 Å². The maximum absolute atomic E-state index is 5.18. The first kappa shape index (κ1) is 8.10. The Labute approximate surface area is 76.8 Å². The van der Waals surface area contributed by atoms with Crippen molar-refractivity contribution in [3.8, 4) is 5.88 Å². The monoisotopic (exact) mass is 176 g/mol. The minimum atomic E-state index is 0.713. The molecule has 0 atom stereocenters. The van der Waals surface area contributed by atoms with Crippen molar-refractivity contribution in [3.05, 3.63) is 23.5 Å². The molecule has 1 N–H and O–H groups in total. The fourth-order valence-electron chi connectivity index (χ4n) is 1.59. The summed E-state index contributed by atoms with van der Waals surface area (Å²) < 4.78 is 5.18. The zero-order valence-electron chi connectivity index (χ0n) is 8.01. The van der Waals surface area contributed by atoms with Gasteiger partial charge in [-0.2, -0.15) is 0 Å². The Balaban J connectivity index is 2.85. The standard InChI is InChI=1S/C10H12N2O/c1-6-8-4-5-11-9(8)7(2)12-10(6)13-3/h4-5,11H,1-3H3. The summed E-state index contributed by atoms with van der Waals surface area (Å²) in [6.07, 6.45) is 1.92. The summed E-state index contributed by atoms with van der Waals surface area (Å²) in [6, 6.07) is 2.04. The lowest BCUT2D eigenvalue weighted by Gasteiger charge is -2.06. The van der Waals surface area contributed by atoms with Gasteiger partial charge in [0.05, 0.1) is 18.3 Å². The molecule has 3 heteroatoms. The summed E-state index contributed by atoms with van der Waals surface area (Å²) in [5.41, 5.74) is 3.16. The minimum Gasteiger partial charge on any atom is -0.481 e. The van der Waals surface area contributed by atoms with Crippen molar-refractivity contribution in [2.45, 2.75) is 13.8 Å². The van der Waals surface area contributed by atoms with E-state index in [-0.39, 0.29) is 0 Å². The van der Waals surface area contributed by atoms with Gasteiger partial charge in [-0.05, 0) is 19.9 Å². The SMILES string of the molecule is COc1nc(C)c2[nH]ccc2c1C. The molecule has 68 valence electrons. The number of nitrogens with zero attached hydrogens (tertiary/aromatic N) is 1. The van der Waals surface area contributed by atoms with Gasteiger partial charge in [0.1, 0.15) is 0 Å². The van der Waals surface area contributed by atoms with Gasteiger partial charge in [0.15, 0.2) is 0 Å². The van der Waals surface area contributed by atoms with Crippen LogP contribution >= 0.6 is 0 Å². The number of rotatable bonds is 1. The number of aromatic amines is 1. The number of ether oxygens (including phenoxy) is 1. The Kier molecular flexibility index (Phi) is 1.72. The van der Waals surface area contributed by atoms with Crippen LogP contribution in [0.3, 0.4) is 0 Å². The second kappa shape index (κ2) is 2.76. The average molecular weight is 176 g/mol. The molecule has 0 fully saturated rings. The van der Waals surface area contributed by atoms with Crippen molar-refractivity contribution in [3.63, 3.8) is 0 Å². The van der Waals surface area contributed by atoms with Gasteiger partial charge in [-0.25, -0.2) is 4.98 Å². The summed E-state index contributed by atoms with van der Waals surface area (Å²) >= 11 is 0. The third-order valence-corrected chi connectivity index (χ3v) is 2.30. The topological polar surface area (TPSA) is 37.9 Å². The lowest BCUT2D eigenvalue weighted by Crippen LogP contribution is -1.94. The summed E-state index contributed by atoms with van der Waals surface area (Å²) in [5.74, 6) is 0.713. The van der Waals surface area contributed by atoms with E-state index < -0.39 is 0 Å². The number of hydrogen-bond donors (Lipinski definition) is 1. The highest BCUT2D eigenvalue weighted by molar-refractivity contribution is 5.85. The third-order valence-electron chi connectivity index (χ3n) is 2.30. The van der Waals surface area contributed by atoms with Gasteiger partial charge in [0.25, 0.3) is 0 Å². The Bertz CT molecular complexity index is 445. The number of methoxy groups -OCH3 is 1. The summed E-state index contributed by atoms with van der Waals surface area (Å²) in [7, 11) is 1.65. The lowest BCUT2D eigenvalue weighted by molar-refractivity contribution is 0.394. The van der Waals surface area contributed by atoms with E-state index >= 15 is 0 Å². The fraction of sp³-hybridized carbons (Fsp3) is 0.300. The maximum Gasteiger partial charge on any atom is 0.216 e. The van der Waals surface area contributed by atoms with Crippen LogP contribution in [-0.4, -0.2) is 17.1 Å². The molecule has 2 aromatic rings. The van der Waals surface area contributed by atoms with Gasteiger partial charge in [0.2, 0.25) is 5.88 Å². The Morgan fingerprint density at radius 3 is 2.85 bits per heavy atom. The highest BCUT2D eigenvalue weighted by Gasteiger charge is 2.08. The van der Waals surface area contributed by atoms with Crippen LogP contribution in [0.2, 0.25) is 0 Å². The minimum absolute atomic E-state index is 0.713. The van der Waals surface area contributed by atoms with Crippen LogP contribution in [0.1, 0.15) is 11.3 Å². The smallest absolute Gasteiger partial charge is 0.216 e. The molecule has 3 nitrogen and oxygen atoms in total. The Morgan fingerprint density at radius 2 is 2.15 bits per heavy atom. The molecule has 0 aliphatic rings. The molecule has 2 aromatic heterocycles. The van der Waals surface area contributed by atoms with Gasteiger partial charge in [-0.15, -0.1) is 0 Å². The van der Waals surface area contributed by atoms with Crippen LogP contribution in [0.4, 0.5) is 0 Å². The molecule has 0 aliphatic heterocycles. The average Bonchev–Trinajstić information content (AvgIpc) is 2.60. The molecule has 0 aliphatic carbocycles. The predicted molar refractivity (Wildman–Crippen MR) is 52.1 cm³/mol. The van der Waals surface area contributed by atoms with Gasteiger partial charge >= 0.3 is 0 Å². The van der Waals surface area contributed by atoms with Crippen molar-refractivity contribution in [1.82, 2.24) is 9.97 Å². The molecule has 2 rings (SSSR count). The van der Waals surface area contributed by atoms with Gasteiger partial charge in [-0.1, -0.05) is 0 Å². The molecular formula is C10H12N2O. The highest BCUT2D eigenvalue weighted by Crippen LogP contribution is 2.25. The molecule has 0 bridgehead atoms. The number of aryl methyl sites for hydroxylation is 2. The van der Waals surface area contributed by atoms with E-state index in [1.165, 1.54) is 5.39 Å². The van der Waals surface area contributed by atoms with Crippen LogP contribution < -0.4 is 4.74 Å². The van der Waals surface area contributed by atoms with Crippen molar-refractivity contribution in [1.29, 1.82) is 0 Å². The molecule has 0 saturated heterocycles. The van der Waals surface area contributed by atoms with E-state index in [9.17, 15) is 0 Å². The summed E-state index contributed by atoms with van der Waals surface area (Å²) in [4.78, 5) is 7.50. The van der Waals surface area contributed by atoms with E-state index in [0.717, 1.165) is 16.8 Å². The first-order valence-corrected chi connectivity index (χ1v) is 4.22. The van der Waals surface area contributed by atoms with Gasteiger partial charge in [-0.3, -0.25) is 0 Å². The lowest BCUT2D eigenvalue weighted by atomic mass is 10.1. The van der Waals surface area contributed by atoms with Crippen molar-refractivity contribution < 1.29 is 4.74 Å². The number of fused-ring (bicyclic) bond motifs is 1. The van der Waals surface area contributed by atoms with Gasteiger partial charge < -0.3 is 9.72 Å². The van der Waals surface area contributed by atoms with Crippen molar-refractivity contribution in [2.75, 3.05) is 7.11 Å². The molecule has 0 radical (unpaired) electrons. The summed E-state index contributed by atoms with van der Waals surface area (Å²) in [5, 5.41) is 1.18. The van der Waals surface area contributed by atoms with Crippen LogP contribution in [-0.2, 0) is 0 Å². The number of aromatic nitrogens is 2. The van der Waals surface area contributed by atoms with Crippen molar-refractivity contribution >= 4 is 10.9 Å². The number of pyridine rings is 1. The number of hydrogen-bond acceptors (Lipinski definition) is 2. The maximum atomic E-state index is 5.18. The van der Waals surface area contributed by atoms with E-state index in [0.29, 0.717) is 5.88 Å². The van der Waals surface area contributed by atoms with E-state index in [1.807, 2.05) is 26.1 Å². The van der Waals surface area contributed by atoms with Crippen LogP contribution in [0, 0.1) is 13.8 Å². The van der Waals surface area contributed by atoms with E-state index in [1.54, 1.807) is 7.11 Å². The molecule has 2 heterocycles. The Morgan fingerprint density at radius 1 is 1.38 bits per heavy atom. The van der Waals surface area contributed by atoms with Crippen LogP contribution in [0.5, 0.6) is 5.88 Å². The highest BCUT2D eigenvalue weighted by atomic mass is 16.5. The normalized spacial score (nSPS) is 10.7. The summed E-state index contributed by atoms with van der Waals surface area (Å²) in [6.45, 7) is 3.99. The first-order chi connectivity index (χ1) is 6.24. The predicted octanol–water partition coefficient (Wildman–Crippen LogP) is 2.19. The molecule has 13 heavy (non-hydrogen) atoms. The quantitative estimate of drug-likeness (QED) is 0.723. The molecule has 0 saturated carbocycles. The zero-order valence-corrected chi connectivity index (χ0v) is 8.01. The largest absolute Gasteiger partial charge is 0.481 e. The fourth-order valence-corrected chi connectivity index (χ4v) is 1.59.